The summed E-state index contributed by atoms with van der Waals surface area (Å²) in [5.74, 6) is -0.170. The Kier molecular flexibility index (Phi) is 6.85. The summed E-state index contributed by atoms with van der Waals surface area (Å²) in [6.07, 6.45) is 7.71. The normalized spacial score (nSPS) is 22.6. The molecule has 3 rings (SSSR count). The topological polar surface area (TPSA) is 93.8 Å². The van der Waals surface area contributed by atoms with Crippen molar-refractivity contribution in [2.24, 2.45) is 0 Å². The maximum absolute atomic E-state index is 12.1. The van der Waals surface area contributed by atoms with Crippen molar-refractivity contribution in [3.05, 3.63) is 0 Å². The Morgan fingerprint density at radius 3 is 1.81 bits per heavy atom. The van der Waals surface area contributed by atoms with E-state index >= 15 is 0 Å². The zero-order chi connectivity index (χ0) is 18.4. The molecule has 1 aliphatic heterocycles. The lowest BCUT2D eigenvalue weighted by molar-refractivity contribution is -0.124. The number of hydrogen-bond donors (Lipinski definition) is 3. The zero-order valence-electron chi connectivity index (χ0n) is 15.5. The highest BCUT2D eigenvalue weighted by molar-refractivity contribution is 5.95. The van der Waals surface area contributed by atoms with Crippen LogP contribution in [-0.2, 0) is 9.59 Å². The first-order valence-corrected chi connectivity index (χ1v) is 9.93. The van der Waals surface area contributed by atoms with Crippen molar-refractivity contribution in [1.82, 2.24) is 25.8 Å². The van der Waals surface area contributed by atoms with Gasteiger partial charge in [-0.3, -0.25) is 24.7 Å². The SMILES string of the molecule is O=C(CN1CCN(CC(=O)NC2CC2)CC1)NC(=O)NC1CCCCC1. The largest absolute Gasteiger partial charge is 0.352 e. The van der Waals surface area contributed by atoms with Crippen LogP contribution in [0, 0.1) is 0 Å². The number of piperazine rings is 1. The van der Waals surface area contributed by atoms with Crippen molar-refractivity contribution >= 4 is 17.8 Å². The average molecular weight is 365 g/mol. The van der Waals surface area contributed by atoms with E-state index in [1.807, 2.05) is 4.90 Å². The minimum Gasteiger partial charge on any atom is -0.352 e. The summed E-state index contributed by atoms with van der Waals surface area (Å²) in [7, 11) is 0. The summed E-state index contributed by atoms with van der Waals surface area (Å²) < 4.78 is 0. The molecule has 0 radical (unpaired) electrons. The van der Waals surface area contributed by atoms with Gasteiger partial charge in [0.2, 0.25) is 11.8 Å². The molecule has 3 fully saturated rings. The predicted octanol–water partition coefficient (Wildman–Crippen LogP) is 0.0411. The van der Waals surface area contributed by atoms with E-state index in [1.54, 1.807) is 0 Å². The van der Waals surface area contributed by atoms with Gasteiger partial charge in [0.1, 0.15) is 0 Å². The summed E-state index contributed by atoms with van der Waals surface area (Å²) in [6, 6.07) is 0.214. The molecule has 1 saturated heterocycles. The lowest BCUT2D eigenvalue weighted by Crippen LogP contribution is -2.53. The molecule has 0 aromatic rings. The number of rotatable bonds is 6. The molecule has 0 unspecified atom stereocenters. The Bertz CT molecular complexity index is 509. The lowest BCUT2D eigenvalue weighted by atomic mass is 9.96. The number of carbonyl (C=O) groups excluding carboxylic acids is 3. The van der Waals surface area contributed by atoms with Gasteiger partial charge in [-0.25, -0.2) is 4.79 Å². The molecule has 0 aromatic heterocycles. The number of carbonyl (C=O) groups is 3. The van der Waals surface area contributed by atoms with Crippen molar-refractivity contribution in [1.29, 1.82) is 0 Å². The van der Waals surface area contributed by atoms with E-state index in [0.29, 0.717) is 12.6 Å². The van der Waals surface area contributed by atoms with Gasteiger partial charge >= 0.3 is 6.03 Å². The second kappa shape index (κ2) is 9.32. The maximum atomic E-state index is 12.1. The molecular weight excluding hydrogens is 334 g/mol. The van der Waals surface area contributed by atoms with E-state index in [-0.39, 0.29) is 30.4 Å². The second-order valence-corrected chi connectivity index (χ2v) is 7.75. The zero-order valence-corrected chi connectivity index (χ0v) is 15.5. The van der Waals surface area contributed by atoms with Crippen LogP contribution in [0.4, 0.5) is 4.79 Å². The fourth-order valence-corrected chi connectivity index (χ4v) is 3.65. The molecule has 8 nitrogen and oxygen atoms in total. The fraction of sp³-hybridized carbons (Fsp3) is 0.833. The summed E-state index contributed by atoms with van der Waals surface area (Å²) in [6.45, 7) is 3.64. The Morgan fingerprint density at radius 2 is 1.23 bits per heavy atom. The first-order valence-electron chi connectivity index (χ1n) is 9.93. The van der Waals surface area contributed by atoms with E-state index in [2.05, 4.69) is 20.9 Å². The van der Waals surface area contributed by atoms with Gasteiger partial charge in [0, 0.05) is 38.3 Å². The third-order valence-electron chi connectivity index (χ3n) is 5.34. The van der Waals surface area contributed by atoms with Crippen LogP contribution in [-0.4, -0.2) is 79.0 Å². The van der Waals surface area contributed by atoms with E-state index in [0.717, 1.165) is 64.7 Å². The molecule has 8 heteroatoms. The smallest absolute Gasteiger partial charge is 0.321 e. The molecule has 26 heavy (non-hydrogen) atoms. The molecule has 0 aromatic carbocycles. The number of imide groups is 1. The van der Waals surface area contributed by atoms with Crippen molar-refractivity contribution in [3.8, 4) is 0 Å². The average Bonchev–Trinajstić information content (AvgIpc) is 3.41. The Balaban J connectivity index is 1.28. The van der Waals surface area contributed by atoms with Crippen molar-refractivity contribution in [3.63, 3.8) is 0 Å². The van der Waals surface area contributed by atoms with E-state index in [1.165, 1.54) is 6.42 Å². The fourth-order valence-electron chi connectivity index (χ4n) is 3.65. The molecule has 2 saturated carbocycles. The molecule has 0 atom stereocenters. The van der Waals surface area contributed by atoms with Crippen molar-refractivity contribution in [2.45, 2.75) is 57.0 Å². The summed E-state index contributed by atoms with van der Waals surface area (Å²) in [5.41, 5.74) is 0. The molecule has 0 spiro atoms. The highest BCUT2D eigenvalue weighted by Crippen LogP contribution is 2.18. The van der Waals surface area contributed by atoms with Crippen LogP contribution in [0.3, 0.4) is 0 Å². The summed E-state index contributed by atoms with van der Waals surface area (Å²) in [4.78, 5) is 39.9. The minimum absolute atomic E-state index is 0.0954. The second-order valence-electron chi connectivity index (χ2n) is 7.75. The highest BCUT2D eigenvalue weighted by Gasteiger charge is 2.26. The molecule has 4 amide bonds. The van der Waals surface area contributed by atoms with E-state index < -0.39 is 0 Å². The standard InChI is InChI=1S/C18H31N5O3/c24-16(19-15-6-7-15)12-22-8-10-23(11-9-22)13-17(25)21-18(26)20-14-4-2-1-3-5-14/h14-15H,1-13H2,(H,19,24)(H2,20,21,25,26). The van der Waals surface area contributed by atoms with Gasteiger partial charge in [0.05, 0.1) is 13.1 Å². The van der Waals surface area contributed by atoms with Crippen LogP contribution in [0.1, 0.15) is 44.9 Å². The van der Waals surface area contributed by atoms with Gasteiger partial charge < -0.3 is 10.6 Å². The third-order valence-corrected chi connectivity index (χ3v) is 5.34. The van der Waals surface area contributed by atoms with Crippen LogP contribution in [0.5, 0.6) is 0 Å². The summed E-state index contributed by atoms with van der Waals surface area (Å²) in [5, 5.41) is 8.33. The van der Waals surface area contributed by atoms with Gasteiger partial charge in [-0.05, 0) is 25.7 Å². The van der Waals surface area contributed by atoms with Gasteiger partial charge in [0.15, 0.2) is 0 Å². The number of urea groups is 1. The van der Waals surface area contributed by atoms with Gasteiger partial charge in [-0.15, -0.1) is 0 Å². The lowest BCUT2D eigenvalue weighted by Gasteiger charge is -2.33. The molecule has 1 heterocycles. The van der Waals surface area contributed by atoms with Crippen LogP contribution >= 0.6 is 0 Å². The Morgan fingerprint density at radius 1 is 0.692 bits per heavy atom. The minimum atomic E-state index is -0.378. The number of amides is 4. The van der Waals surface area contributed by atoms with Gasteiger partial charge in [-0.2, -0.15) is 0 Å². The van der Waals surface area contributed by atoms with Crippen LogP contribution in [0.15, 0.2) is 0 Å². The molecule has 3 aliphatic rings. The first kappa shape index (κ1) is 19.1. The first-order chi connectivity index (χ1) is 12.6. The summed E-state index contributed by atoms with van der Waals surface area (Å²) >= 11 is 0. The van der Waals surface area contributed by atoms with E-state index in [9.17, 15) is 14.4 Å². The molecular formula is C18H31N5O3. The van der Waals surface area contributed by atoms with Crippen LogP contribution in [0.2, 0.25) is 0 Å². The number of hydrogen-bond acceptors (Lipinski definition) is 5. The predicted molar refractivity (Wildman–Crippen MR) is 97.6 cm³/mol. The molecule has 2 aliphatic carbocycles. The van der Waals surface area contributed by atoms with Gasteiger partial charge in [-0.1, -0.05) is 19.3 Å². The van der Waals surface area contributed by atoms with Crippen LogP contribution < -0.4 is 16.0 Å². The highest BCUT2D eigenvalue weighted by atomic mass is 16.2. The van der Waals surface area contributed by atoms with E-state index in [4.69, 9.17) is 0 Å². The Hall–Kier alpha value is -1.67. The molecule has 3 N–H and O–H groups in total. The van der Waals surface area contributed by atoms with Crippen molar-refractivity contribution in [2.75, 3.05) is 39.3 Å². The molecule has 0 bridgehead atoms. The van der Waals surface area contributed by atoms with Gasteiger partial charge in [0.25, 0.3) is 0 Å². The molecule has 146 valence electrons. The third kappa shape index (κ3) is 6.57. The number of nitrogens with zero attached hydrogens (tertiary/aromatic N) is 2. The maximum Gasteiger partial charge on any atom is 0.321 e. The monoisotopic (exact) mass is 365 g/mol. The van der Waals surface area contributed by atoms with Crippen LogP contribution in [0.25, 0.3) is 0 Å². The van der Waals surface area contributed by atoms with Crippen molar-refractivity contribution < 1.29 is 14.4 Å². The quantitative estimate of drug-likeness (QED) is 0.618. The number of nitrogens with one attached hydrogen (secondary N) is 3. The Labute approximate surface area is 155 Å².